The van der Waals surface area contributed by atoms with E-state index >= 15 is 0 Å². The van der Waals surface area contributed by atoms with E-state index in [1.165, 1.54) is 22.5 Å². The Morgan fingerprint density at radius 1 is 1.10 bits per heavy atom. The summed E-state index contributed by atoms with van der Waals surface area (Å²) in [6, 6.07) is 11.5. The largest absolute Gasteiger partial charge is 0.417 e. The van der Waals surface area contributed by atoms with E-state index in [1.807, 2.05) is 6.92 Å². The Bertz CT molecular complexity index is 1060. The first kappa shape index (κ1) is 23.0. The van der Waals surface area contributed by atoms with Gasteiger partial charge >= 0.3 is 6.18 Å². The van der Waals surface area contributed by atoms with E-state index in [9.17, 15) is 26.4 Å². The lowest BCUT2D eigenvalue weighted by molar-refractivity contribution is -0.137. The molecule has 0 atom stereocenters. The molecule has 1 saturated heterocycles. The van der Waals surface area contributed by atoms with Crippen molar-refractivity contribution in [1.82, 2.24) is 9.73 Å². The first-order valence-corrected chi connectivity index (χ1v) is 11.1. The van der Waals surface area contributed by atoms with Crippen molar-refractivity contribution in [3.63, 3.8) is 0 Å². The first-order valence-electron chi connectivity index (χ1n) is 9.65. The highest BCUT2D eigenvalue weighted by atomic mass is 32.2. The molecule has 2 aromatic rings. The number of rotatable bonds is 5. The zero-order chi connectivity index (χ0) is 22.6. The molecular formula is C21H22F3N3O3S. The van der Waals surface area contributed by atoms with Crippen molar-refractivity contribution in [1.29, 1.82) is 0 Å². The molecule has 1 aliphatic rings. The summed E-state index contributed by atoms with van der Waals surface area (Å²) >= 11 is 0. The maximum absolute atomic E-state index is 13.0. The second-order valence-corrected chi connectivity index (χ2v) is 9.25. The van der Waals surface area contributed by atoms with Crippen molar-refractivity contribution in [3.05, 3.63) is 65.2 Å². The van der Waals surface area contributed by atoms with Crippen LogP contribution in [0.25, 0.3) is 0 Å². The van der Waals surface area contributed by atoms with Crippen LogP contribution in [-0.2, 0) is 21.0 Å². The van der Waals surface area contributed by atoms with Crippen LogP contribution < -0.4 is 5.43 Å². The number of hydrogen-bond donors (Lipinski definition) is 1. The molecule has 0 unspecified atom stereocenters. The molecule has 31 heavy (non-hydrogen) atoms. The lowest BCUT2D eigenvalue weighted by Gasteiger charge is -2.30. The van der Waals surface area contributed by atoms with E-state index in [2.05, 4.69) is 10.5 Å². The van der Waals surface area contributed by atoms with Gasteiger partial charge in [-0.25, -0.2) is 13.8 Å². The highest BCUT2D eigenvalue weighted by molar-refractivity contribution is 7.89. The lowest BCUT2D eigenvalue weighted by atomic mass is 9.98. The van der Waals surface area contributed by atoms with Crippen LogP contribution in [0.5, 0.6) is 0 Å². The quantitative estimate of drug-likeness (QED) is 0.555. The average molecular weight is 453 g/mol. The standard InChI is InChI=1S/C21H22F3N3O3S/c1-15-6-8-18(9-7-15)31(29,30)27-12-10-16(11-13-27)20(28)26-25-14-17-4-2-3-5-19(17)21(22,23)24/h2-9,14,16H,10-13H2,1H3,(H,26,28)/b25-14-. The SMILES string of the molecule is Cc1ccc(S(=O)(=O)N2CCC(C(=O)N/N=C\c3ccccc3C(F)(F)F)CC2)cc1. The molecular weight excluding hydrogens is 431 g/mol. The van der Waals surface area contributed by atoms with Crippen LogP contribution in [0.1, 0.15) is 29.5 Å². The first-order chi connectivity index (χ1) is 14.6. The van der Waals surface area contributed by atoms with Crippen LogP contribution in [0.2, 0.25) is 0 Å². The fourth-order valence-corrected chi connectivity index (χ4v) is 4.81. The molecule has 3 rings (SSSR count). The fourth-order valence-electron chi connectivity index (χ4n) is 3.34. The van der Waals surface area contributed by atoms with Crippen LogP contribution in [0.4, 0.5) is 13.2 Å². The second-order valence-electron chi connectivity index (χ2n) is 7.31. The number of sulfonamides is 1. The lowest BCUT2D eigenvalue weighted by Crippen LogP contribution is -2.42. The number of nitrogens with zero attached hydrogens (tertiary/aromatic N) is 2. The predicted molar refractivity (Wildman–Crippen MR) is 110 cm³/mol. The summed E-state index contributed by atoms with van der Waals surface area (Å²) < 4.78 is 65.8. The molecule has 166 valence electrons. The van der Waals surface area contributed by atoms with Crippen LogP contribution in [0.3, 0.4) is 0 Å². The van der Waals surface area contributed by atoms with Gasteiger partial charge in [0, 0.05) is 24.6 Å². The van der Waals surface area contributed by atoms with E-state index in [-0.39, 0.29) is 23.5 Å². The number of amides is 1. The van der Waals surface area contributed by atoms with E-state index in [0.717, 1.165) is 17.8 Å². The molecule has 1 aliphatic heterocycles. The molecule has 10 heteroatoms. The normalized spacial score (nSPS) is 16.5. The molecule has 0 spiro atoms. The highest BCUT2D eigenvalue weighted by Crippen LogP contribution is 2.31. The smallest absolute Gasteiger partial charge is 0.273 e. The maximum atomic E-state index is 13.0. The average Bonchev–Trinajstić information content (AvgIpc) is 2.74. The van der Waals surface area contributed by atoms with E-state index in [0.29, 0.717) is 12.8 Å². The van der Waals surface area contributed by atoms with Gasteiger partial charge < -0.3 is 0 Å². The van der Waals surface area contributed by atoms with Gasteiger partial charge in [0.1, 0.15) is 0 Å². The number of aryl methyl sites for hydroxylation is 1. The summed E-state index contributed by atoms with van der Waals surface area (Å²) in [5.41, 5.74) is 2.21. The summed E-state index contributed by atoms with van der Waals surface area (Å²) in [6.07, 6.45) is -2.97. The van der Waals surface area contributed by atoms with Crippen molar-refractivity contribution in [2.75, 3.05) is 13.1 Å². The second kappa shape index (κ2) is 9.19. The van der Waals surface area contributed by atoms with Gasteiger partial charge in [0.05, 0.1) is 16.7 Å². The van der Waals surface area contributed by atoms with Crippen LogP contribution in [0, 0.1) is 12.8 Å². The Morgan fingerprint density at radius 3 is 2.32 bits per heavy atom. The third-order valence-corrected chi connectivity index (χ3v) is 7.04. The summed E-state index contributed by atoms with van der Waals surface area (Å²) in [4.78, 5) is 12.5. The molecule has 2 aromatic carbocycles. The number of halogens is 3. The summed E-state index contributed by atoms with van der Waals surface area (Å²) in [5, 5.41) is 3.66. The molecule has 6 nitrogen and oxygen atoms in total. The zero-order valence-electron chi connectivity index (χ0n) is 16.8. The van der Waals surface area contributed by atoms with Crippen molar-refractivity contribution in [2.24, 2.45) is 11.0 Å². The number of piperidine rings is 1. The third kappa shape index (κ3) is 5.50. The Balaban J connectivity index is 1.58. The highest BCUT2D eigenvalue weighted by Gasteiger charge is 2.33. The minimum atomic E-state index is -4.53. The van der Waals surface area contributed by atoms with E-state index in [4.69, 9.17) is 0 Å². The van der Waals surface area contributed by atoms with Crippen LogP contribution in [0.15, 0.2) is 58.5 Å². The molecule has 0 aromatic heterocycles. The Kier molecular flexibility index (Phi) is 6.80. The number of hydrazone groups is 1. The number of hydrogen-bond acceptors (Lipinski definition) is 4. The van der Waals surface area contributed by atoms with Gasteiger partial charge in [-0.3, -0.25) is 4.79 Å². The van der Waals surface area contributed by atoms with E-state index in [1.54, 1.807) is 24.3 Å². The van der Waals surface area contributed by atoms with Crippen molar-refractivity contribution >= 4 is 22.1 Å². The monoisotopic (exact) mass is 453 g/mol. The Labute approximate surface area is 178 Å². The topological polar surface area (TPSA) is 78.8 Å². The van der Waals surface area contributed by atoms with Crippen LogP contribution in [-0.4, -0.2) is 37.9 Å². The number of carbonyl (C=O) groups excluding carboxylic acids is 1. The summed E-state index contributed by atoms with van der Waals surface area (Å²) in [5.74, 6) is -0.924. The zero-order valence-corrected chi connectivity index (χ0v) is 17.6. The van der Waals surface area contributed by atoms with Gasteiger partial charge in [0.2, 0.25) is 15.9 Å². The van der Waals surface area contributed by atoms with Crippen molar-refractivity contribution < 1.29 is 26.4 Å². The van der Waals surface area contributed by atoms with Gasteiger partial charge in [-0.1, -0.05) is 35.9 Å². The molecule has 0 bridgehead atoms. The number of alkyl halides is 3. The Hall–Kier alpha value is -2.72. The molecule has 1 fully saturated rings. The van der Waals surface area contributed by atoms with Gasteiger partial charge in [-0.15, -0.1) is 0 Å². The van der Waals surface area contributed by atoms with Gasteiger partial charge in [0.25, 0.3) is 0 Å². The van der Waals surface area contributed by atoms with Crippen molar-refractivity contribution in [2.45, 2.75) is 30.8 Å². The third-order valence-electron chi connectivity index (χ3n) is 5.13. The predicted octanol–water partition coefficient (Wildman–Crippen LogP) is 3.56. The Morgan fingerprint density at radius 2 is 1.71 bits per heavy atom. The number of carbonyl (C=O) groups is 1. The molecule has 0 aliphatic carbocycles. The minimum absolute atomic E-state index is 0.158. The fraction of sp³-hybridized carbons (Fsp3) is 0.333. The van der Waals surface area contributed by atoms with E-state index < -0.39 is 33.6 Å². The van der Waals surface area contributed by atoms with Gasteiger partial charge in [0.15, 0.2) is 0 Å². The maximum Gasteiger partial charge on any atom is 0.417 e. The van der Waals surface area contributed by atoms with Gasteiger partial charge in [-0.2, -0.15) is 22.6 Å². The van der Waals surface area contributed by atoms with Crippen LogP contribution >= 0.6 is 0 Å². The summed E-state index contributed by atoms with van der Waals surface area (Å²) in [6.45, 7) is 2.22. The molecule has 0 radical (unpaired) electrons. The molecule has 1 amide bonds. The molecule has 1 N–H and O–H groups in total. The summed E-state index contributed by atoms with van der Waals surface area (Å²) in [7, 11) is -3.63. The number of nitrogens with one attached hydrogen (secondary N) is 1. The minimum Gasteiger partial charge on any atom is -0.273 e. The van der Waals surface area contributed by atoms with Gasteiger partial charge in [-0.05, 0) is 38.0 Å². The van der Waals surface area contributed by atoms with Crippen molar-refractivity contribution in [3.8, 4) is 0 Å². The number of benzene rings is 2. The molecule has 0 saturated carbocycles. The molecule has 1 heterocycles.